The number of rotatable bonds is 3. The molecule has 1 aliphatic carbocycles. The molecule has 0 radical (unpaired) electrons. The molecule has 0 spiro atoms. The van der Waals surface area contributed by atoms with Crippen LogP contribution in [0.2, 0.25) is 0 Å². The number of aliphatic hydroxyl groups excluding tert-OH is 1. The van der Waals surface area contributed by atoms with Gasteiger partial charge >= 0.3 is 0 Å². The van der Waals surface area contributed by atoms with Crippen LogP contribution in [0.15, 0.2) is 11.6 Å². The smallest absolute Gasteiger partial charge is 0.0723 e. The van der Waals surface area contributed by atoms with Crippen molar-refractivity contribution in [1.29, 1.82) is 0 Å². The molecule has 0 heterocycles. The number of aliphatic hydroxyl groups is 1. The minimum Gasteiger partial charge on any atom is -0.389 e. The third-order valence-corrected chi connectivity index (χ3v) is 2.67. The molecule has 0 bridgehead atoms. The monoisotopic (exact) mass is 172 g/mol. The molecule has 1 atom stereocenters. The molecule has 0 fully saturated rings. The van der Waals surface area contributed by atoms with Gasteiger partial charge in [-0.1, -0.05) is 11.6 Å². The first-order chi connectivity index (χ1) is 5.33. The van der Waals surface area contributed by atoms with Crippen LogP contribution in [-0.2, 0) is 0 Å². The Kier molecular flexibility index (Phi) is 4.02. The Morgan fingerprint density at radius 1 is 1.73 bits per heavy atom. The van der Waals surface area contributed by atoms with Crippen molar-refractivity contribution in [1.82, 2.24) is 0 Å². The molecule has 0 saturated carbocycles. The normalized spacial score (nSPS) is 24.9. The largest absolute Gasteiger partial charge is 0.389 e. The molecule has 0 aromatic carbocycles. The van der Waals surface area contributed by atoms with Gasteiger partial charge in [0.15, 0.2) is 0 Å². The van der Waals surface area contributed by atoms with Crippen molar-refractivity contribution >= 4 is 11.8 Å². The third kappa shape index (κ3) is 3.30. The van der Waals surface area contributed by atoms with E-state index in [1.54, 1.807) is 0 Å². The van der Waals surface area contributed by atoms with Gasteiger partial charge in [0.1, 0.15) is 0 Å². The summed E-state index contributed by atoms with van der Waals surface area (Å²) in [6, 6.07) is 0. The van der Waals surface area contributed by atoms with Crippen LogP contribution in [0.4, 0.5) is 0 Å². The molecule has 2 heteroatoms. The molecule has 0 saturated heterocycles. The highest BCUT2D eigenvalue weighted by Crippen LogP contribution is 2.21. The number of hydrogen-bond donors (Lipinski definition) is 1. The summed E-state index contributed by atoms with van der Waals surface area (Å²) in [6.45, 7) is 0. The van der Waals surface area contributed by atoms with E-state index >= 15 is 0 Å². The van der Waals surface area contributed by atoms with E-state index in [1.807, 2.05) is 17.8 Å². The van der Waals surface area contributed by atoms with Crippen LogP contribution >= 0.6 is 11.8 Å². The summed E-state index contributed by atoms with van der Waals surface area (Å²) in [7, 11) is 0. The predicted octanol–water partition coefficient (Wildman–Crippen LogP) is 2.21. The standard InChI is InChI=1S/C9H16OS/c1-11-6-5-8-3-2-4-9(10)7-8/h7,9-10H,2-6H2,1H3. The zero-order chi connectivity index (χ0) is 8.10. The molecule has 1 rings (SSSR count). The molecule has 1 aliphatic rings. The summed E-state index contributed by atoms with van der Waals surface area (Å²) >= 11 is 1.87. The summed E-state index contributed by atoms with van der Waals surface area (Å²) in [5.74, 6) is 1.19. The maximum Gasteiger partial charge on any atom is 0.0723 e. The highest BCUT2D eigenvalue weighted by Gasteiger charge is 2.09. The zero-order valence-electron chi connectivity index (χ0n) is 7.05. The topological polar surface area (TPSA) is 20.2 Å². The first-order valence-corrected chi connectivity index (χ1v) is 5.59. The SMILES string of the molecule is CSCCC1=CC(O)CCC1. The van der Waals surface area contributed by atoms with E-state index in [0.29, 0.717) is 0 Å². The summed E-state index contributed by atoms with van der Waals surface area (Å²) in [6.07, 6.45) is 8.51. The molecule has 1 unspecified atom stereocenters. The quantitative estimate of drug-likeness (QED) is 0.659. The maximum atomic E-state index is 9.30. The third-order valence-electron chi connectivity index (χ3n) is 2.05. The van der Waals surface area contributed by atoms with E-state index in [0.717, 1.165) is 12.8 Å². The van der Waals surface area contributed by atoms with Crippen molar-refractivity contribution < 1.29 is 5.11 Å². The van der Waals surface area contributed by atoms with Crippen molar-refractivity contribution in [2.45, 2.75) is 31.8 Å². The van der Waals surface area contributed by atoms with Gasteiger partial charge in [-0.15, -0.1) is 0 Å². The summed E-state index contributed by atoms with van der Waals surface area (Å²) in [5.41, 5.74) is 1.46. The van der Waals surface area contributed by atoms with Crippen LogP contribution in [0, 0.1) is 0 Å². The summed E-state index contributed by atoms with van der Waals surface area (Å²) in [4.78, 5) is 0. The minimum absolute atomic E-state index is 0.152. The van der Waals surface area contributed by atoms with Gasteiger partial charge in [-0.2, -0.15) is 11.8 Å². The van der Waals surface area contributed by atoms with Crippen LogP contribution in [-0.4, -0.2) is 23.2 Å². The van der Waals surface area contributed by atoms with Gasteiger partial charge in [0, 0.05) is 0 Å². The number of thioether (sulfide) groups is 1. The van der Waals surface area contributed by atoms with E-state index in [-0.39, 0.29) is 6.10 Å². The second kappa shape index (κ2) is 4.83. The Morgan fingerprint density at radius 2 is 2.55 bits per heavy atom. The van der Waals surface area contributed by atoms with Crippen LogP contribution in [0.1, 0.15) is 25.7 Å². The Bertz CT molecular complexity index is 142. The molecule has 1 nitrogen and oxygen atoms in total. The molecule has 0 aliphatic heterocycles. The fraction of sp³-hybridized carbons (Fsp3) is 0.778. The van der Waals surface area contributed by atoms with Gasteiger partial charge in [-0.05, 0) is 37.7 Å². The summed E-state index contributed by atoms with van der Waals surface area (Å²) in [5, 5.41) is 9.30. The van der Waals surface area contributed by atoms with E-state index in [1.165, 1.54) is 24.2 Å². The van der Waals surface area contributed by atoms with Gasteiger partial charge in [0.05, 0.1) is 6.10 Å². The highest BCUT2D eigenvalue weighted by molar-refractivity contribution is 7.98. The fourth-order valence-electron chi connectivity index (χ4n) is 1.42. The van der Waals surface area contributed by atoms with Gasteiger partial charge in [-0.25, -0.2) is 0 Å². The predicted molar refractivity (Wildman–Crippen MR) is 50.9 cm³/mol. The van der Waals surface area contributed by atoms with E-state index in [9.17, 15) is 5.11 Å². The molecule has 11 heavy (non-hydrogen) atoms. The van der Waals surface area contributed by atoms with Crippen molar-refractivity contribution in [3.8, 4) is 0 Å². The number of allylic oxidation sites excluding steroid dienone is 1. The van der Waals surface area contributed by atoms with Crippen LogP contribution in [0.3, 0.4) is 0 Å². The van der Waals surface area contributed by atoms with Crippen LogP contribution in [0.25, 0.3) is 0 Å². The Labute approximate surface area is 72.9 Å². The Hall–Kier alpha value is 0.0500. The molecule has 0 aromatic heterocycles. The second-order valence-corrected chi connectivity index (χ2v) is 4.01. The minimum atomic E-state index is -0.152. The Balaban J connectivity index is 2.31. The van der Waals surface area contributed by atoms with Gasteiger partial charge in [0.2, 0.25) is 0 Å². The average Bonchev–Trinajstić information content (AvgIpc) is 2.01. The first kappa shape index (κ1) is 9.14. The lowest BCUT2D eigenvalue weighted by atomic mass is 9.96. The number of hydrogen-bond acceptors (Lipinski definition) is 2. The highest BCUT2D eigenvalue weighted by atomic mass is 32.2. The maximum absolute atomic E-state index is 9.30. The average molecular weight is 172 g/mol. The molecule has 0 amide bonds. The lowest BCUT2D eigenvalue weighted by Crippen LogP contribution is -2.09. The van der Waals surface area contributed by atoms with Crippen molar-refractivity contribution in [2.75, 3.05) is 12.0 Å². The second-order valence-electron chi connectivity index (χ2n) is 3.03. The first-order valence-electron chi connectivity index (χ1n) is 4.19. The molecule has 64 valence electrons. The van der Waals surface area contributed by atoms with Gasteiger partial charge in [0.25, 0.3) is 0 Å². The van der Waals surface area contributed by atoms with Crippen molar-refractivity contribution in [3.05, 3.63) is 11.6 Å². The lowest BCUT2D eigenvalue weighted by Gasteiger charge is -2.16. The van der Waals surface area contributed by atoms with Crippen molar-refractivity contribution in [2.24, 2.45) is 0 Å². The molecular weight excluding hydrogens is 156 g/mol. The van der Waals surface area contributed by atoms with E-state index in [4.69, 9.17) is 0 Å². The van der Waals surface area contributed by atoms with E-state index in [2.05, 4.69) is 6.26 Å². The van der Waals surface area contributed by atoms with Crippen LogP contribution < -0.4 is 0 Å². The van der Waals surface area contributed by atoms with Gasteiger partial charge < -0.3 is 5.11 Å². The Morgan fingerprint density at radius 3 is 3.18 bits per heavy atom. The molecular formula is C9H16OS. The van der Waals surface area contributed by atoms with Gasteiger partial charge in [-0.3, -0.25) is 0 Å². The summed E-state index contributed by atoms with van der Waals surface area (Å²) < 4.78 is 0. The molecule has 0 aromatic rings. The fourth-order valence-corrected chi connectivity index (χ4v) is 1.88. The van der Waals surface area contributed by atoms with Crippen LogP contribution in [0.5, 0.6) is 0 Å². The molecule has 1 N–H and O–H groups in total. The zero-order valence-corrected chi connectivity index (χ0v) is 7.86. The lowest BCUT2D eigenvalue weighted by molar-refractivity contribution is 0.201. The van der Waals surface area contributed by atoms with Crippen molar-refractivity contribution in [3.63, 3.8) is 0 Å². The van der Waals surface area contributed by atoms with E-state index < -0.39 is 0 Å².